The van der Waals surface area contributed by atoms with Gasteiger partial charge in [-0.2, -0.15) is 0 Å². The fourth-order valence-corrected chi connectivity index (χ4v) is 7.87. The third kappa shape index (κ3) is 2.37. The molecule has 1 aromatic rings. The van der Waals surface area contributed by atoms with Crippen LogP contribution in [-0.4, -0.2) is 28.8 Å². The van der Waals surface area contributed by atoms with Gasteiger partial charge in [-0.25, -0.2) is 0 Å². The van der Waals surface area contributed by atoms with Crippen LogP contribution < -0.4 is 4.74 Å². The number of benzene rings is 1. The summed E-state index contributed by atoms with van der Waals surface area (Å²) in [5, 5.41) is 11.7. The average molecular weight is 398 g/mol. The molecule has 0 spiro atoms. The summed E-state index contributed by atoms with van der Waals surface area (Å²) in [6.45, 7) is 5.12. The largest absolute Gasteiger partial charge is 0.459 e. The van der Waals surface area contributed by atoms with Crippen LogP contribution in [-0.2, 0) is 20.7 Å². The van der Waals surface area contributed by atoms with Crippen molar-refractivity contribution in [3.63, 3.8) is 0 Å². The van der Waals surface area contributed by atoms with Crippen molar-refractivity contribution in [2.24, 2.45) is 16.7 Å². The van der Waals surface area contributed by atoms with Crippen molar-refractivity contribution in [2.45, 2.75) is 83.3 Å². The normalized spacial score (nSPS) is 41.9. The summed E-state index contributed by atoms with van der Waals surface area (Å²) < 4.78 is 11.0. The lowest BCUT2D eigenvalue weighted by molar-refractivity contribution is -0.170. The maximum atomic E-state index is 11.7. The van der Waals surface area contributed by atoms with E-state index in [1.54, 1.807) is 0 Å². The molecule has 0 heterocycles. The quantitative estimate of drug-likeness (QED) is 0.604. The molecule has 4 aliphatic rings. The van der Waals surface area contributed by atoms with E-state index in [0.717, 1.165) is 44.9 Å². The van der Waals surface area contributed by atoms with E-state index < -0.39 is 5.60 Å². The molecule has 2 bridgehead atoms. The highest BCUT2D eigenvalue weighted by molar-refractivity contribution is 5.69. The fourth-order valence-electron chi connectivity index (χ4n) is 7.87. The topological polar surface area (TPSA) is 72.8 Å². The molecule has 0 radical (unpaired) electrons. The van der Waals surface area contributed by atoms with Crippen molar-refractivity contribution in [1.82, 2.24) is 0 Å². The molecule has 0 aromatic heterocycles. The molecule has 4 aliphatic carbocycles. The first-order valence-electron chi connectivity index (χ1n) is 10.9. The first kappa shape index (κ1) is 19.1. The van der Waals surface area contributed by atoms with Gasteiger partial charge in [0.1, 0.15) is 17.5 Å². The predicted molar refractivity (Wildman–Crippen MR) is 106 cm³/mol. The van der Waals surface area contributed by atoms with Crippen molar-refractivity contribution >= 4 is 11.9 Å². The Kier molecular flexibility index (Phi) is 4.00. The summed E-state index contributed by atoms with van der Waals surface area (Å²) >= 11 is 0. The lowest BCUT2D eigenvalue weighted by Gasteiger charge is -2.56. The number of rotatable bonds is 2. The minimum absolute atomic E-state index is 0.0248. The van der Waals surface area contributed by atoms with Crippen LogP contribution in [0.3, 0.4) is 0 Å². The Hall–Kier alpha value is -1.88. The van der Waals surface area contributed by atoms with Gasteiger partial charge in [-0.05, 0) is 85.5 Å². The van der Waals surface area contributed by atoms with Gasteiger partial charge >= 0.3 is 11.9 Å². The summed E-state index contributed by atoms with van der Waals surface area (Å²) in [5.74, 6) is 0.981. The molecule has 0 unspecified atom stereocenters. The first-order valence-corrected chi connectivity index (χ1v) is 10.9. The Labute approximate surface area is 171 Å². The van der Waals surface area contributed by atoms with Gasteiger partial charge in [0, 0.05) is 19.3 Å². The summed E-state index contributed by atoms with van der Waals surface area (Å²) in [5.41, 5.74) is 1.59. The molecule has 1 N–H and O–H groups in total. The fraction of sp³-hybridized carbons (Fsp3) is 0.667. The Morgan fingerprint density at radius 1 is 1.10 bits per heavy atom. The van der Waals surface area contributed by atoms with Crippen LogP contribution in [0.15, 0.2) is 18.2 Å². The lowest BCUT2D eigenvalue weighted by atomic mass is 9.48. The summed E-state index contributed by atoms with van der Waals surface area (Å²) in [7, 11) is 0. The van der Waals surface area contributed by atoms with Crippen LogP contribution in [0.5, 0.6) is 5.75 Å². The number of esters is 2. The van der Waals surface area contributed by atoms with Gasteiger partial charge in [-0.15, -0.1) is 0 Å². The highest BCUT2D eigenvalue weighted by Gasteiger charge is 2.77. The van der Waals surface area contributed by atoms with Gasteiger partial charge in [0.15, 0.2) is 0 Å². The van der Waals surface area contributed by atoms with E-state index in [1.807, 2.05) is 12.1 Å². The second kappa shape index (κ2) is 6.07. The molecule has 0 aliphatic heterocycles. The number of aliphatic hydroxyl groups is 1. The molecule has 29 heavy (non-hydrogen) atoms. The molecular weight excluding hydrogens is 368 g/mol. The van der Waals surface area contributed by atoms with Crippen LogP contribution >= 0.6 is 0 Å². The van der Waals surface area contributed by atoms with Crippen LogP contribution in [0.1, 0.15) is 76.3 Å². The second-order valence-electron chi connectivity index (χ2n) is 9.96. The molecule has 5 rings (SSSR count). The SMILES string of the molecule is CC(=O)Oc1ccc2c(c1)CC[C@@H]1[C@@H]2CC[C@@]2(C)[C@]13CC[C@]2(O)[C@@H](OC(C)=O)C3. The highest BCUT2D eigenvalue weighted by Crippen LogP contribution is 2.77. The Balaban J connectivity index is 1.51. The van der Waals surface area contributed by atoms with E-state index in [2.05, 4.69) is 13.0 Å². The molecule has 5 heteroatoms. The molecule has 0 saturated heterocycles. The standard InChI is InChI=1S/C24H30O5/c1-14(25)28-17-5-6-18-16(12-17)4-7-20-19(18)8-9-22(3)23(20)10-11-24(22,27)21(13-23)29-15(2)26/h5-6,12,19-21,27H,4,7-11,13H2,1-3H3/t19-,20-,21+,22+,23+,24+/m1/s1. The molecular formula is C24H30O5. The van der Waals surface area contributed by atoms with E-state index in [9.17, 15) is 14.7 Å². The van der Waals surface area contributed by atoms with E-state index >= 15 is 0 Å². The third-order valence-corrected chi connectivity index (χ3v) is 9.05. The molecule has 1 aromatic carbocycles. The minimum Gasteiger partial charge on any atom is -0.459 e. The van der Waals surface area contributed by atoms with E-state index in [0.29, 0.717) is 17.6 Å². The Morgan fingerprint density at radius 2 is 1.90 bits per heavy atom. The smallest absolute Gasteiger partial charge is 0.308 e. The zero-order valence-corrected chi connectivity index (χ0v) is 17.5. The third-order valence-electron chi connectivity index (χ3n) is 9.05. The van der Waals surface area contributed by atoms with Crippen molar-refractivity contribution in [3.05, 3.63) is 29.3 Å². The molecule has 0 amide bonds. The lowest BCUT2D eigenvalue weighted by Crippen LogP contribution is -2.53. The van der Waals surface area contributed by atoms with Gasteiger partial charge in [-0.1, -0.05) is 13.0 Å². The van der Waals surface area contributed by atoms with Gasteiger partial charge in [0.05, 0.1) is 0 Å². The van der Waals surface area contributed by atoms with E-state index in [-0.39, 0.29) is 28.9 Å². The van der Waals surface area contributed by atoms with Gasteiger partial charge in [0.2, 0.25) is 0 Å². The highest BCUT2D eigenvalue weighted by atomic mass is 16.6. The zero-order chi connectivity index (χ0) is 20.6. The second-order valence-corrected chi connectivity index (χ2v) is 9.96. The number of hydrogen-bond acceptors (Lipinski definition) is 5. The number of ether oxygens (including phenoxy) is 2. The zero-order valence-electron chi connectivity index (χ0n) is 17.5. The van der Waals surface area contributed by atoms with Crippen LogP contribution in [0, 0.1) is 16.7 Å². The first-order chi connectivity index (χ1) is 13.7. The van der Waals surface area contributed by atoms with Crippen molar-refractivity contribution in [3.8, 4) is 5.75 Å². The van der Waals surface area contributed by atoms with Crippen molar-refractivity contribution in [2.75, 3.05) is 0 Å². The van der Waals surface area contributed by atoms with Crippen molar-refractivity contribution < 1.29 is 24.2 Å². The molecule has 3 fully saturated rings. The molecule has 6 atom stereocenters. The summed E-state index contributed by atoms with van der Waals surface area (Å²) in [4.78, 5) is 23.0. The Bertz CT molecular complexity index is 893. The summed E-state index contributed by atoms with van der Waals surface area (Å²) in [6, 6.07) is 6.08. The number of carbonyl (C=O) groups excluding carboxylic acids is 2. The maximum Gasteiger partial charge on any atom is 0.308 e. The van der Waals surface area contributed by atoms with Crippen molar-refractivity contribution in [1.29, 1.82) is 0 Å². The monoisotopic (exact) mass is 398 g/mol. The molecule has 156 valence electrons. The van der Waals surface area contributed by atoms with Crippen LogP contribution in [0.2, 0.25) is 0 Å². The number of fused-ring (bicyclic) bond motifs is 3. The van der Waals surface area contributed by atoms with Gasteiger partial charge in [0.25, 0.3) is 0 Å². The van der Waals surface area contributed by atoms with Crippen LogP contribution in [0.4, 0.5) is 0 Å². The molecule has 3 saturated carbocycles. The predicted octanol–water partition coefficient (Wildman–Crippen LogP) is 3.90. The number of carbonyl (C=O) groups is 2. The van der Waals surface area contributed by atoms with Gasteiger partial charge < -0.3 is 14.6 Å². The summed E-state index contributed by atoms with van der Waals surface area (Å²) in [6.07, 6.45) is 6.15. The average Bonchev–Trinajstić information content (AvgIpc) is 2.99. The van der Waals surface area contributed by atoms with E-state index in [4.69, 9.17) is 9.47 Å². The number of aryl methyl sites for hydroxylation is 1. The number of hydrogen-bond donors (Lipinski definition) is 1. The molecule has 5 nitrogen and oxygen atoms in total. The van der Waals surface area contributed by atoms with E-state index in [1.165, 1.54) is 25.0 Å². The Morgan fingerprint density at radius 3 is 2.62 bits per heavy atom. The maximum absolute atomic E-state index is 11.7. The van der Waals surface area contributed by atoms with Gasteiger partial charge in [-0.3, -0.25) is 9.59 Å². The van der Waals surface area contributed by atoms with Crippen LogP contribution in [0.25, 0.3) is 0 Å². The minimum atomic E-state index is -0.900.